The van der Waals surface area contributed by atoms with Crippen molar-refractivity contribution in [2.45, 2.75) is 26.3 Å². The molecule has 2 heteroatoms. The zero-order chi connectivity index (χ0) is 8.27. The Balaban J connectivity index is 2.89. The fourth-order valence-electron chi connectivity index (χ4n) is 0.975. The number of hydrogen-bond donors (Lipinski definition) is 0. The second-order valence-corrected chi connectivity index (χ2v) is 2.71. The van der Waals surface area contributed by atoms with E-state index in [2.05, 4.69) is 31.1 Å². The molecule has 0 spiro atoms. The monoisotopic (exact) mass is 147 g/mol. The van der Waals surface area contributed by atoms with Crippen molar-refractivity contribution >= 4 is 0 Å². The predicted molar refractivity (Wildman–Crippen MR) is 44.0 cm³/mol. The van der Waals surface area contributed by atoms with Crippen LogP contribution in [0.15, 0.2) is 6.07 Å². The number of nitrogens with zero attached hydrogens (tertiary/aromatic N) is 2. The molecule has 1 radical (unpaired) electrons. The highest BCUT2D eigenvalue weighted by molar-refractivity contribution is 5.06. The minimum absolute atomic E-state index is 0.460. The van der Waals surface area contributed by atoms with Crippen LogP contribution in [-0.4, -0.2) is 9.78 Å². The molecule has 11 heavy (non-hydrogen) atoms. The fourth-order valence-corrected chi connectivity index (χ4v) is 0.975. The van der Waals surface area contributed by atoms with Gasteiger partial charge in [-0.3, -0.25) is 4.68 Å². The minimum atomic E-state index is 0.460. The summed E-state index contributed by atoms with van der Waals surface area (Å²) < 4.78 is 1.80. The lowest BCUT2D eigenvalue weighted by Crippen LogP contribution is -2.04. The van der Waals surface area contributed by atoms with E-state index in [1.807, 2.05) is 6.07 Å². The quantitative estimate of drug-likeness (QED) is 0.579. The van der Waals surface area contributed by atoms with Gasteiger partial charge in [-0.2, -0.15) is 5.10 Å². The summed E-state index contributed by atoms with van der Waals surface area (Å²) in [5.74, 6) is 3.01. The Morgan fingerprint density at radius 3 is 3.09 bits per heavy atom. The van der Waals surface area contributed by atoms with Crippen molar-refractivity contribution in [1.82, 2.24) is 9.78 Å². The summed E-state index contributed by atoms with van der Waals surface area (Å²) in [6.07, 6.45) is 7.95. The van der Waals surface area contributed by atoms with Crippen molar-refractivity contribution in [2.75, 3.05) is 0 Å². The SMILES string of the molecule is C#CCn1n[c]cc1C(C)C. The first-order valence-electron chi connectivity index (χ1n) is 3.63. The van der Waals surface area contributed by atoms with Gasteiger partial charge >= 0.3 is 0 Å². The molecule has 1 aromatic rings. The van der Waals surface area contributed by atoms with E-state index in [1.165, 1.54) is 0 Å². The number of terminal acetylenes is 1. The summed E-state index contributed by atoms with van der Waals surface area (Å²) in [5, 5.41) is 3.98. The van der Waals surface area contributed by atoms with Crippen LogP contribution in [0.3, 0.4) is 0 Å². The molecule has 0 N–H and O–H groups in total. The third kappa shape index (κ3) is 1.62. The molecule has 1 rings (SSSR count). The van der Waals surface area contributed by atoms with Crippen LogP contribution >= 0.6 is 0 Å². The van der Waals surface area contributed by atoms with Gasteiger partial charge in [0.15, 0.2) is 0 Å². The second kappa shape index (κ2) is 3.25. The Hall–Kier alpha value is -1.23. The van der Waals surface area contributed by atoms with Gasteiger partial charge in [-0.1, -0.05) is 19.8 Å². The lowest BCUT2D eigenvalue weighted by atomic mass is 10.1. The third-order valence-corrected chi connectivity index (χ3v) is 1.52. The maximum absolute atomic E-state index is 5.16. The van der Waals surface area contributed by atoms with Gasteiger partial charge in [0.2, 0.25) is 0 Å². The maximum atomic E-state index is 5.16. The molecule has 0 amide bonds. The Morgan fingerprint density at radius 1 is 1.82 bits per heavy atom. The van der Waals surface area contributed by atoms with E-state index in [9.17, 15) is 0 Å². The van der Waals surface area contributed by atoms with Gasteiger partial charge in [-0.05, 0) is 12.0 Å². The first-order valence-corrected chi connectivity index (χ1v) is 3.63. The van der Waals surface area contributed by atoms with E-state index in [1.54, 1.807) is 4.68 Å². The van der Waals surface area contributed by atoms with Crippen LogP contribution < -0.4 is 0 Å². The molecule has 0 atom stereocenters. The average molecular weight is 147 g/mol. The largest absolute Gasteiger partial charge is 0.257 e. The van der Waals surface area contributed by atoms with Crippen LogP contribution in [-0.2, 0) is 6.54 Å². The molecular weight excluding hydrogens is 136 g/mol. The Kier molecular flexibility index (Phi) is 2.32. The van der Waals surface area contributed by atoms with Crippen LogP contribution in [0.1, 0.15) is 25.5 Å². The van der Waals surface area contributed by atoms with Crippen molar-refractivity contribution in [2.24, 2.45) is 0 Å². The van der Waals surface area contributed by atoms with Gasteiger partial charge in [0, 0.05) is 5.69 Å². The van der Waals surface area contributed by atoms with Crippen LogP contribution in [0, 0.1) is 18.5 Å². The molecule has 0 fully saturated rings. The molecule has 57 valence electrons. The molecule has 0 bridgehead atoms. The molecule has 0 aliphatic carbocycles. The number of aromatic nitrogens is 2. The average Bonchev–Trinajstić information content (AvgIpc) is 2.36. The molecule has 0 aliphatic heterocycles. The zero-order valence-electron chi connectivity index (χ0n) is 6.83. The summed E-state index contributed by atoms with van der Waals surface area (Å²) in [4.78, 5) is 0. The van der Waals surface area contributed by atoms with E-state index in [0.717, 1.165) is 5.69 Å². The molecule has 0 aromatic carbocycles. The van der Waals surface area contributed by atoms with Gasteiger partial charge in [0.25, 0.3) is 0 Å². The standard InChI is InChI=1S/C9H11N2/c1-4-7-11-9(8(2)3)5-6-10-11/h1,5,8H,7H2,2-3H3. The summed E-state index contributed by atoms with van der Waals surface area (Å²) in [5.41, 5.74) is 1.14. The highest BCUT2D eigenvalue weighted by Crippen LogP contribution is 2.11. The Bertz CT molecular complexity index is 265. The third-order valence-electron chi connectivity index (χ3n) is 1.52. The highest BCUT2D eigenvalue weighted by atomic mass is 15.3. The summed E-state index contributed by atoms with van der Waals surface area (Å²) in [6, 6.07) is 1.88. The van der Waals surface area contributed by atoms with E-state index < -0.39 is 0 Å². The van der Waals surface area contributed by atoms with Crippen molar-refractivity contribution < 1.29 is 0 Å². The smallest absolute Gasteiger partial charge is 0.113 e. The van der Waals surface area contributed by atoms with Crippen molar-refractivity contribution in [3.8, 4) is 12.3 Å². The molecule has 2 nitrogen and oxygen atoms in total. The lowest BCUT2D eigenvalue weighted by molar-refractivity contribution is 0.635. The summed E-state index contributed by atoms with van der Waals surface area (Å²) in [7, 11) is 0. The van der Waals surface area contributed by atoms with Crippen molar-refractivity contribution in [3.05, 3.63) is 18.0 Å². The van der Waals surface area contributed by atoms with E-state index in [0.29, 0.717) is 12.5 Å². The lowest BCUT2D eigenvalue weighted by Gasteiger charge is -2.05. The van der Waals surface area contributed by atoms with Gasteiger partial charge < -0.3 is 0 Å². The summed E-state index contributed by atoms with van der Waals surface area (Å²) in [6.45, 7) is 4.76. The number of hydrogen-bond acceptors (Lipinski definition) is 1. The molecular formula is C9H11N2. The maximum Gasteiger partial charge on any atom is 0.113 e. The minimum Gasteiger partial charge on any atom is -0.257 e. The Labute approximate surface area is 67.2 Å². The predicted octanol–water partition coefficient (Wildman–Crippen LogP) is 1.44. The fraction of sp³-hybridized carbons (Fsp3) is 0.444. The van der Waals surface area contributed by atoms with Gasteiger partial charge in [0.05, 0.1) is 0 Å². The normalized spacial score (nSPS) is 10.0. The van der Waals surface area contributed by atoms with Crippen LogP contribution in [0.5, 0.6) is 0 Å². The van der Waals surface area contributed by atoms with Crippen LogP contribution in [0.2, 0.25) is 0 Å². The molecule has 1 aromatic heterocycles. The van der Waals surface area contributed by atoms with Crippen molar-refractivity contribution in [1.29, 1.82) is 0 Å². The van der Waals surface area contributed by atoms with Gasteiger partial charge in [-0.25, -0.2) is 0 Å². The van der Waals surface area contributed by atoms with Crippen LogP contribution in [0.4, 0.5) is 0 Å². The van der Waals surface area contributed by atoms with Crippen molar-refractivity contribution in [3.63, 3.8) is 0 Å². The molecule has 0 saturated carbocycles. The molecule has 0 aliphatic rings. The molecule has 0 saturated heterocycles. The van der Waals surface area contributed by atoms with Gasteiger partial charge in [0.1, 0.15) is 12.7 Å². The topological polar surface area (TPSA) is 17.8 Å². The van der Waals surface area contributed by atoms with E-state index in [-0.39, 0.29) is 0 Å². The highest BCUT2D eigenvalue weighted by Gasteiger charge is 2.04. The first kappa shape index (κ1) is 7.87. The number of rotatable bonds is 2. The molecule has 1 heterocycles. The van der Waals surface area contributed by atoms with Gasteiger partial charge in [-0.15, -0.1) is 6.42 Å². The summed E-state index contributed by atoms with van der Waals surface area (Å²) >= 11 is 0. The first-order chi connectivity index (χ1) is 5.25. The van der Waals surface area contributed by atoms with Crippen LogP contribution in [0.25, 0.3) is 0 Å². The molecule has 0 unspecified atom stereocenters. The Morgan fingerprint density at radius 2 is 2.55 bits per heavy atom. The zero-order valence-corrected chi connectivity index (χ0v) is 6.83. The van der Waals surface area contributed by atoms with E-state index in [4.69, 9.17) is 6.42 Å². The second-order valence-electron chi connectivity index (χ2n) is 2.71. The van der Waals surface area contributed by atoms with E-state index >= 15 is 0 Å².